The maximum atomic E-state index is 14.5. The molecule has 1 aliphatic carbocycles. The number of ether oxygens (including phenoxy) is 5. The average molecular weight is 1210 g/mol. The number of β-lactam (4-membered cyclic amide) rings is 1. The monoisotopic (exact) mass is 1210 g/mol. The van der Waals surface area contributed by atoms with Crippen LogP contribution in [0.25, 0.3) is 0 Å². The summed E-state index contributed by atoms with van der Waals surface area (Å²) in [4.78, 5) is 112. The molecule has 1 saturated heterocycles. The highest BCUT2D eigenvalue weighted by atomic mass is 32.2. The molecule has 6 rings (SSSR count). The highest BCUT2D eigenvalue weighted by Gasteiger charge is 2.57. The van der Waals surface area contributed by atoms with Gasteiger partial charge in [-0.25, -0.2) is 38.2 Å². The molecule has 4 aromatic rings. The standard InChI is InChI=1S/C54H72N12O16S2/c1-50(2,3)78-46(70)55-27-20-28-64(49(73)81-53(10,11)12)45(60-48(72)80-52(7,8)9)63(13)30-35-29-56-65(61-35)31-37-39(42(68)66(37)84(74,75)76)58-41(67)38(36-32-83-44(57-36)59-47(71)79-51(4,5)6)62-82-54(25-26-54)43(69)77-40(33-21-16-14-17-22-33)34-23-18-15-19-24-34/h14-19,21-24,29,32,37,39-40H,20,25-28,30-31H2,1-13H3,(H,55,70)(H,58,67)(H,57,59,71)(H,74,75,76)/b60-45?,62-38-/t37-,39+/m1/s1. The van der Waals surface area contributed by atoms with E-state index in [0.29, 0.717) is 11.1 Å². The van der Waals surface area contributed by atoms with E-state index in [4.69, 9.17) is 28.5 Å². The lowest BCUT2D eigenvalue weighted by molar-refractivity contribution is -0.164. The summed E-state index contributed by atoms with van der Waals surface area (Å²) in [5.74, 6) is -3.50. The van der Waals surface area contributed by atoms with Crippen molar-refractivity contribution < 1.29 is 75.1 Å². The third kappa shape index (κ3) is 18.9. The Balaban J connectivity index is 1.26. The molecule has 4 N–H and O–H groups in total. The van der Waals surface area contributed by atoms with Crippen LogP contribution in [0.2, 0.25) is 0 Å². The number of rotatable bonds is 19. The first kappa shape index (κ1) is 64.9. The number of nitrogens with one attached hydrogen (secondary N) is 3. The van der Waals surface area contributed by atoms with E-state index < -0.39 is 111 Å². The molecule has 0 spiro atoms. The molecule has 6 amide bonds. The number of hydrogen-bond acceptors (Lipinski definition) is 20. The van der Waals surface area contributed by atoms with E-state index in [2.05, 4.69) is 41.3 Å². The number of aliphatic imine (C=N–C) groups is 1. The fraction of sp³-hybridized carbons (Fsp3) is 0.519. The summed E-state index contributed by atoms with van der Waals surface area (Å²) in [5.41, 5.74) is -4.73. The van der Waals surface area contributed by atoms with Crippen molar-refractivity contribution in [2.24, 2.45) is 10.1 Å². The number of nitrogens with zero attached hydrogens (tertiary/aromatic N) is 9. The van der Waals surface area contributed by atoms with E-state index >= 15 is 0 Å². The highest BCUT2D eigenvalue weighted by molar-refractivity contribution is 7.84. The normalized spacial score (nSPS) is 16.4. The van der Waals surface area contributed by atoms with Gasteiger partial charge >= 0.3 is 40.6 Å². The summed E-state index contributed by atoms with van der Waals surface area (Å²) in [7, 11) is -3.81. The number of guanidine groups is 1. The molecule has 2 aliphatic rings. The van der Waals surface area contributed by atoms with Crippen LogP contribution < -0.4 is 16.0 Å². The molecule has 28 nitrogen and oxygen atoms in total. The molecule has 0 radical (unpaired) electrons. The van der Waals surface area contributed by atoms with Gasteiger partial charge < -0.3 is 44.1 Å². The van der Waals surface area contributed by atoms with Crippen LogP contribution in [0.15, 0.2) is 82.4 Å². The lowest BCUT2D eigenvalue weighted by Crippen LogP contribution is -2.73. The Kier molecular flexibility index (Phi) is 20.2. The number of aromatic nitrogens is 4. The molecule has 456 valence electrons. The molecular weight excluding hydrogens is 1140 g/mol. The Morgan fingerprint density at radius 1 is 0.833 bits per heavy atom. The first-order valence-corrected chi connectivity index (χ1v) is 28.8. The fourth-order valence-electron chi connectivity index (χ4n) is 7.79. The number of hydrogen-bond donors (Lipinski definition) is 4. The lowest BCUT2D eigenvalue weighted by Gasteiger charge is -2.43. The van der Waals surface area contributed by atoms with Crippen molar-refractivity contribution in [1.82, 2.24) is 44.7 Å². The van der Waals surface area contributed by atoms with E-state index in [1.54, 1.807) is 132 Å². The summed E-state index contributed by atoms with van der Waals surface area (Å²) in [6.07, 6.45) is -2.79. The number of esters is 1. The van der Waals surface area contributed by atoms with E-state index in [1.165, 1.54) is 23.5 Å². The van der Waals surface area contributed by atoms with E-state index in [9.17, 15) is 46.5 Å². The minimum atomic E-state index is -5.28. The largest absolute Gasteiger partial charge is 0.450 e. The van der Waals surface area contributed by atoms with E-state index in [-0.39, 0.29) is 65.7 Å². The van der Waals surface area contributed by atoms with Gasteiger partial charge in [0.05, 0.1) is 19.3 Å². The molecule has 2 aromatic carbocycles. The van der Waals surface area contributed by atoms with Crippen LogP contribution in [-0.2, 0) is 66.3 Å². The molecule has 0 bridgehead atoms. The molecule has 3 heterocycles. The summed E-state index contributed by atoms with van der Waals surface area (Å²) in [6.45, 7) is 18.9. The van der Waals surface area contributed by atoms with Crippen LogP contribution >= 0.6 is 11.3 Å². The number of oxime groups is 1. The second-order valence-corrected chi connectivity index (χ2v) is 25.6. The predicted molar refractivity (Wildman–Crippen MR) is 303 cm³/mol. The number of alkyl carbamates (subject to hydrolysis) is 1. The van der Waals surface area contributed by atoms with Gasteiger partial charge in [-0.05, 0) is 101 Å². The second kappa shape index (κ2) is 26.1. The molecule has 2 aromatic heterocycles. The van der Waals surface area contributed by atoms with Crippen LogP contribution in [0.1, 0.15) is 131 Å². The third-order valence-corrected chi connectivity index (χ3v) is 13.1. The van der Waals surface area contributed by atoms with Crippen molar-refractivity contribution in [2.45, 2.75) is 162 Å². The quantitative estimate of drug-likeness (QED) is 0.0110. The molecule has 84 heavy (non-hydrogen) atoms. The number of carbonyl (C=O) groups excluding carboxylic acids is 7. The van der Waals surface area contributed by atoms with Gasteiger partial charge in [-0.1, -0.05) is 65.8 Å². The van der Waals surface area contributed by atoms with Gasteiger partial charge in [-0.2, -0.15) is 23.4 Å². The summed E-state index contributed by atoms with van der Waals surface area (Å²) in [5, 5.41) is 21.6. The Morgan fingerprint density at radius 2 is 1.40 bits per heavy atom. The van der Waals surface area contributed by atoms with Gasteiger partial charge in [-0.3, -0.25) is 19.5 Å². The van der Waals surface area contributed by atoms with Gasteiger partial charge in [0.2, 0.25) is 11.6 Å². The van der Waals surface area contributed by atoms with Crippen LogP contribution in [0, 0.1) is 0 Å². The SMILES string of the molecule is CN(Cc1cnn(C[C@@H]2[C@H](NC(=O)/C(=N\OC3(C(=O)OC(c4ccccc4)c4ccccc4)CC3)c3csc(NC(=O)OC(C)(C)C)n3)C(=O)N2S(=O)(=O)O)n1)C(=NC(=O)OC(C)(C)C)N(CCCNC(=O)OC(C)(C)C)C(=O)OC(C)(C)C. The maximum Gasteiger partial charge on any atom is 0.437 e. The Hall–Kier alpha value is -8.25. The predicted octanol–water partition coefficient (Wildman–Crippen LogP) is 6.74. The Bertz CT molecular complexity index is 3170. The first-order chi connectivity index (χ1) is 39.0. The highest BCUT2D eigenvalue weighted by Crippen LogP contribution is 2.43. The lowest BCUT2D eigenvalue weighted by atomic mass is 9.98. The van der Waals surface area contributed by atoms with Gasteiger partial charge in [0.25, 0.3) is 11.8 Å². The van der Waals surface area contributed by atoms with E-state index in [1.807, 2.05) is 12.1 Å². The van der Waals surface area contributed by atoms with Crippen molar-refractivity contribution in [3.8, 4) is 0 Å². The van der Waals surface area contributed by atoms with Gasteiger partial charge in [-0.15, -0.1) is 16.3 Å². The van der Waals surface area contributed by atoms with Crippen molar-refractivity contribution in [2.75, 3.05) is 25.5 Å². The number of anilines is 1. The number of benzene rings is 2. The molecule has 0 unspecified atom stereocenters. The minimum absolute atomic E-state index is 0.0291. The minimum Gasteiger partial charge on any atom is -0.450 e. The van der Waals surface area contributed by atoms with Crippen molar-refractivity contribution in [3.63, 3.8) is 0 Å². The smallest absolute Gasteiger partial charge is 0.437 e. The van der Waals surface area contributed by atoms with Gasteiger partial charge in [0.1, 0.15) is 45.9 Å². The maximum absolute atomic E-state index is 14.5. The zero-order chi connectivity index (χ0) is 62.2. The number of thiazole rings is 1. The van der Waals surface area contributed by atoms with Crippen LogP contribution in [0.3, 0.4) is 0 Å². The third-order valence-electron chi connectivity index (χ3n) is 11.4. The van der Waals surface area contributed by atoms with Crippen molar-refractivity contribution in [3.05, 3.63) is 94.8 Å². The van der Waals surface area contributed by atoms with Crippen LogP contribution in [0.4, 0.5) is 24.3 Å². The molecule has 30 heteroatoms. The van der Waals surface area contributed by atoms with Crippen LogP contribution in [0.5, 0.6) is 0 Å². The Morgan fingerprint density at radius 3 is 1.95 bits per heavy atom. The van der Waals surface area contributed by atoms with E-state index in [0.717, 1.165) is 21.0 Å². The Labute approximate surface area is 490 Å². The second-order valence-electron chi connectivity index (χ2n) is 23.5. The zero-order valence-electron chi connectivity index (χ0n) is 49.0. The first-order valence-electron chi connectivity index (χ1n) is 26.5. The van der Waals surface area contributed by atoms with Crippen LogP contribution in [-0.4, -0.2) is 161 Å². The zero-order valence-corrected chi connectivity index (χ0v) is 50.7. The van der Waals surface area contributed by atoms with Crippen molar-refractivity contribution >= 4 is 80.6 Å². The summed E-state index contributed by atoms with van der Waals surface area (Å²) < 4.78 is 63.8. The number of carbonyl (C=O) groups is 7. The molecule has 2 fully saturated rings. The number of amides is 6. The molecule has 2 atom stereocenters. The fourth-order valence-corrected chi connectivity index (χ4v) is 9.34. The molecule has 1 aliphatic heterocycles. The average Bonchev–Trinajstić information content (AvgIpc) is 3.10. The topological polar surface area (TPSA) is 343 Å². The summed E-state index contributed by atoms with van der Waals surface area (Å²) in [6, 6.07) is 14.7. The van der Waals surface area contributed by atoms with Crippen molar-refractivity contribution in [1.29, 1.82) is 0 Å². The summed E-state index contributed by atoms with van der Waals surface area (Å²) >= 11 is 0.862. The molecular formula is C54H72N12O16S2. The van der Waals surface area contributed by atoms with Gasteiger partial charge in [0.15, 0.2) is 16.9 Å². The van der Waals surface area contributed by atoms with Gasteiger partial charge in [0, 0.05) is 38.4 Å². The molecule has 1 saturated carbocycles.